The number of hydrogen-bond acceptors (Lipinski definition) is 3. The highest BCUT2D eigenvalue weighted by atomic mass is 16.5. The zero-order valence-corrected chi connectivity index (χ0v) is 18.7. The van der Waals surface area contributed by atoms with E-state index >= 15 is 0 Å². The van der Waals surface area contributed by atoms with E-state index in [0.717, 1.165) is 36.0 Å². The second-order valence-corrected chi connectivity index (χ2v) is 7.66. The molecule has 0 saturated carbocycles. The molecule has 30 heavy (non-hydrogen) atoms. The molecule has 0 aliphatic carbocycles. The van der Waals surface area contributed by atoms with Crippen molar-refractivity contribution in [1.29, 1.82) is 0 Å². The molecule has 0 aliphatic heterocycles. The van der Waals surface area contributed by atoms with Gasteiger partial charge in [0.15, 0.2) is 0 Å². The Morgan fingerprint density at radius 2 is 1.97 bits per heavy atom. The van der Waals surface area contributed by atoms with Gasteiger partial charge < -0.3 is 4.74 Å². The molecule has 0 bridgehead atoms. The van der Waals surface area contributed by atoms with Crippen LogP contribution in [-0.4, -0.2) is 18.9 Å². The molecule has 2 aromatic carbocycles. The summed E-state index contributed by atoms with van der Waals surface area (Å²) >= 11 is 0. The lowest BCUT2D eigenvalue weighted by atomic mass is 9.93. The van der Waals surface area contributed by atoms with Crippen molar-refractivity contribution in [3.63, 3.8) is 0 Å². The average molecular weight is 408 g/mol. The maximum absolute atomic E-state index is 12.6. The molecule has 0 aromatic heterocycles. The van der Waals surface area contributed by atoms with E-state index in [2.05, 4.69) is 31.3 Å². The van der Waals surface area contributed by atoms with Gasteiger partial charge in [-0.15, -0.1) is 0 Å². The molecule has 1 N–H and O–H groups in total. The molecule has 4 nitrogen and oxygen atoms in total. The van der Waals surface area contributed by atoms with Gasteiger partial charge in [-0.25, -0.2) is 0 Å². The first-order valence-electron chi connectivity index (χ1n) is 10.6. The number of nitrogens with one attached hydrogen (secondary N) is 1. The molecule has 1 atom stereocenters. The Hall–Kier alpha value is -2.88. The van der Waals surface area contributed by atoms with Crippen molar-refractivity contribution >= 4 is 17.9 Å². The third-order valence-electron chi connectivity index (χ3n) is 5.38. The smallest absolute Gasteiger partial charge is 0.233 e. The van der Waals surface area contributed by atoms with Crippen LogP contribution in [-0.2, 0) is 22.4 Å². The average Bonchev–Trinajstić information content (AvgIpc) is 2.74. The lowest BCUT2D eigenvalue weighted by Crippen LogP contribution is -2.34. The van der Waals surface area contributed by atoms with Gasteiger partial charge in [0.25, 0.3) is 0 Å². The van der Waals surface area contributed by atoms with Crippen LogP contribution in [0, 0.1) is 6.92 Å². The Labute approximate surface area is 180 Å². The van der Waals surface area contributed by atoms with Crippen molar-refractivity contribution in [3.8, 4) is 5.75 Å². The Balaban J connectivity index is 2.12. The van der Waals surface area contributed by atoms with Gasteiger partial charge in [0.1, 0.15) is 5.75 Å². The first kappa shape index (κ1) is 23.4. The number of hydrogen-bond donors (Lipinski definition) is 1. The number of rotatable bonds is 9. The van der Waals surface area contributed by atoms with Crippen LogP contribution in [0.2, 0.25) is 0 Å². The molecule has 0 saturated heterocycles. The Morgan fingerprint density at radius 3 is 2.63 bits per heavy atom. The maximum atomic E-state index is 12.6. The number of benzene rings is 2. The van der Waals surface area contributed by atoms with E-state index in [4.69, 9.17) is 4.74 Å². The van der Waals surface area contributed by atoms with Crippen LogP contribution < -0.4 is 10.1 Å². The van der Waals surface area contributed by atoms with E-state index in [1.54, 1.807) is 14.0 Å². The summed E-state index contributed by atoms with van der Waals surface area (Å²) in [5.41, 5.74) is 5.40. The van der Waals surface area contributed by atoms with E-state index in [0.29, 0.717) is 5.75 Å². The molecule has 2 amide bonds. The quantitative estimate of drug-likeness (QED) is 0.608. The SMILES string of the molecule is C/C=C\c1cc(CC(=O)NC(=O)[C@H](C)c2cccc(OC)c2)cc(CCCC)c1C. The molecular formula is C26H33NO3. The number of imide groups is 1. The molecule has 0 spiro atoms. The van der Waals surface area contributed by atoms with Crippen molar-refractivity contribution in [2.24, 2.45) is 0 Å². The van der Waals surface area contributed by atoms with Gasteiger partial charge in [-0.3, -0.25) is 14.9 Å². The maximum Gasteiger partial charge on any atom is 0.233 e. The van der Waals surface area contributed by atoms with E-state index in [9.17, 15) is 9.59 Å². The second-order valence-electron chi connectivity index (χ2n) is 7.66. The van der Waals surface area contributed by atoms with E-state index in [1.807, 2.05) is 43.3 Å². The minimum absolute atomic E-state index is 0.181. The summed E-state index contributed by atoms with van der Waals surface area (Å²) < 4.78 is 5.22. The molecule has 2 rings (SSSR count). The zero-order chi connectivity index (χ0) is 22.1. The number of allylic oxidation sites excluding steroid dienone is 1. The summed E-state index contributed by atoms with van der Waals surface area (Å²) in [6, 6.07) is 11.5. The number of carbonyl (C=O) groups excluding carboxylic acids is 2. The van der Waals surface area contributed by atoms with Crippen LogP contribution in [0.4, 0.5) is 0 Å². The highest BCUT2D eigenvalue weighted by Gasteiger charge is 2.19. The number of amides is 2. The predicted octanol–water partition coefficient (Wildman–Crippen LogP) is 5.37. The van der Waals surface area contributed by atoms with Crippen molar-refractivity contribution in [1.82, 2.24) is 5.32 Å². The first-order chi connectivity index (χ1) is 14.4. The highest BCUT2D eigenvalue weighted by molar-refractivity contribution is 5.99. The predicted molar refractivity (Wildman–Crippen MR) is 123 cm³/mol. The highest BCUT2D eigenvalue weighted by Crippen LogP contribution is 2.22. The lowest BCUT2D eigenvalue weighted by Gasteiger charge is -2.14. The van der Waals surface area contributed by atoms with Gasteiger partial charge in [-0.2, -0.15) is 0 Å². The molecule has 0 radical (unpaired) electrons. The van der Waals surface area contributed by atoms with Crippen molar-refractivity contribution in [2.75, 3.05) is 7.11 Å². The first-order valence-corrected chi connectivity index (χ1v) is 10.6. The topological polar surface area (TPSA) is 55.4 Å². The number of aryl methyl sites for hydroxylation is 1. The third kappa shape index (κ3) is 6.31. The summed E-state index contributed by atoms with van der Waals surface area (Å²) in [4.78, 5) is 25.2. The van der Waals surface area contributed by atoms with Crippen LogP contribution >= 0.6 is 0 Å². The van der Waals surface area contributed by atoms with Crippen molar-refractivity contribution in [3.05, 3.63) is 70.3 Å². The fraction of sp³-hybridized carbons (Fsp3) is 0.385. The molecule has 0 fully saturated rings. The van der Waals surface area contributed by atoms with Gasteiger partial charge in [-0.05, 0) is 73.6 Å². The minimum Gasteiger partial charge on any atom is -0.497 e. The lowest BCUT2D eigenvalue weighted by molar-refractivity contribution is -0.130. The van der Waals surface area contributed by atoms with Gasteiger partial charge in [0.2, 0.25) is 11.8 Å². The summed E-state index contributed by atoms with van der Waals surface area (Å²) in [5, 5.41) is 2.56. The van der Waals surface area contributed by atoms with Crippen molar-refractivity contribution < 1.29 is 14.3 Å². The van der Waals surface area contributed by atoms with Gasteiger partial charge >= 0.3 is 0 Å². The minimum atomic E-state index is -0.444. The molecule has 0 heterocycles. The number of carbonyl (C=O) groups is 2. The Morgan fingerprint density at radius 1 is 1.20 bits per heavy atom. The molecule has 0 aliphatic rings. The Bertz CT molecular complexity index is 914. The normalized spacial score (nSPS) is 12.0. The van der Waals surface area contributed by atoms with Gasteiger partial charge in [-0.1, -0.05) is 49.8 Å². The number of ether oxygens (including phenoxy) is 1. The number of unbranched alkanes of at least 4 members (excludes halogenated alkanes) is 1. The molecule has 160 valence electrons. The zero-order valence-electron chi connectivity index (χ0n) is 18.7. The fourth-order valence-corrected chi connectivity index (χ4v) is 3.49. The molecule has 0 unspecified atom stereocenters. The molecule has 4 heteroatoms. The molecular weight excluding hydrogens is 374 g/mol. The van der Waals surface area contributed by atoms with Gasteiger partial charge in [0.05, 0.1) is 19.4 Å². The summed E-state index contributed by atoms with van der Waals surface area (Å²) in [5.74, 6) is -0.346. The fourth-order valence-electron chi connectivity index (χ4n) is 3.49. The van der Waals surface area contributed by atoms with E-state index < -0.39 is 5.92 Å². The van der Waals surface area contributed by atoms with Crippen LogP contribution in [0.5, 0.6) is 5.75 Å². The monoisotopic (exact) mass is 407 g/mol. The molecule has 2 aromatic rings. The van der Waals surface area contributed by atoms with Crippen LogP contribution in [0.25, 0.3) is 6.08 Å². The van der Waals surface area contributed by atoms with Crippen LogP contribution in [0.15, 0.2) is 42.5 Å². The van der Waals surface area contributed by atoms with Crippen molar-refractivity contribution in [2.45, 2.75) is 59.3 Å². The van der Waals surface area contributed by atoms with E-state index in [-0.39, 0.29) is 18.2 Å². The Kier molecular flexibility index (Phi) is 8.85. The van der Waals surface area contributed by atoms with E-state index in [1.165, 1.54) is 11.1 Å². The number of methoxy groups -OCH3 is 1. The van der Waals surface area contributed by atoms with Gasteiger partial charge in [0, 0.05) is 0 Å². The third-order valence-corrected chi connectivity index (χ3v) is 5.38. The summed E-state index contributed by atoms with van der Waals surface area (Å²) in [7, 11) is 1.59. The van der Waals surface area contributed by atoms with Crippen LogP contribution in [0.3, 0.4) is 0 Å². The largest absolute Gasteiger partial charge is 0.497 e. The second kappa shape index (κ2) is 11.3. The standard InChI is InChI=1S/C26H33NO3/c1-6-8-11-22-15-20(14-21(10-7-2)18(22)3)16-25(28)27-26(29)19(4)23-12-9-13-24(17-23)30-5/h7,9-10,12-15,17,19H,6,8,11,16H2,1-5H3,(H,27,28,29)/b10-7-/t19-/m1/s1. The summed E-state index contributed by atoms with van der Waals surface area (Å²) in [6.07, 6.45) is 7.49. The van der Waals surface area contributed by atoms with Crippen LogP contribution in [0.1, 0.15) is 67.3 Å². The summed E-state index contributed by atoms with van der Waals surface area (Å²) in [6.45, 7) is 8.08.